The molecule has 0 aliphatic rings. The van der Waals surface area contributed by atoms with E-state index < -0.39 is 0 Å². The fourth-order valence-corrected chi connectivity index (χ4v) is 2.96. The molecule has 0 N–H and O–H groups in total. The lowest BCUT2D eigenvalue weighted by atomic mass is 10.2. The number of thiazole rings is 1. The molecule has 0 saturated carbocycles. The molecule has 0 aliphatic carbocycles. The first-order valence-corrected chi connectivity index (χ1v) is 7.96. The molecular formula is C13H12BrClFNOS. The fraction of sp³-hybridized carbons (Fsp3) is 0.308. The first-order valence-electron chi connectivity index (χ1n) is 5.76. The van der Waals surface area contributed by atoms with E-state index in [4.69, 9.17) is 16.3 Å². The minimum absolute atomic E-state index is 0.178. The second kappa shape index (κ2) is 6.68. The Kier molecular flexibility index (Phi) is 5.19. The largest absolute Gasteiger partial charge is 0.483 e. The van der Waals surface area contributed by atoms with Gasteiger partial charge in [0.2, 0.25) is 0 Å². The Morgan fingerprint density at radius 1 is 1.53 bits per heavy atom. The summed E-state index contributed by atoms with van der Waals surface area (Å²) in [6.07, 6.45) is 0.579. The van der Waals surface area contributed by atoms with Crippen LogP contribution in [-0.4, -0.2) is 4.98 Å². The van der Waals surface area contributed by atoms with E-state index in [2.05, 4.69) is 20.9 Å². The van der Waals surface area contributed by atoms with Crippen molar-refractivity contribution in [2.45, 2.75) is 25.3 Å². The van der Waals surface area contributed by atoms with Crippen LogP contribution in [0.2, 0.25) is 0 Å². The molecule has 2 aromatic rings. The number of alkyl halides is 1. The third kappa shape index (κ3) is 3.68. The molecule has 1 atom stereocenters. The summed E-state index contributed by atoms with van der Waals surface area (Å²) in [4.78, 5) is 4.39. The Bertz CT molecular complexity index is 563. The average Bonchev–Trinajstić information content (AvgIpc) is 2.88. The summed E-state index contributed by atoms with van der Waals surface area (Å²) < 4.78 is 19.6. The molecule has 2 nitrogen and oxygen atoms in total. The molecule has 0 saturated heterocycles. The quantitative estimate of drug-likeness (QED) is 0.670. The molecule has 0 aliphatic heterocycles. The Labute approximate surface area is 128 Å². The normalized spacial score (nSPS) is 12.4. The number of hydrogen-bond acceptors (Lipinski definition) is 3. The Morgan fingerprint density at radius 2 is 2.32 bits per heavy atom. The molecule has 2 rings (SSSR count). The lowest BCUT2D eigenvalue weighted by Crippen LogP contribution is -2.06. The van der Waals surface area contributed by atoms with Crippen molar-refractivity contribution in [2.75, 3.05) is 0 Å². The van der Waals surface area contributed by atoms with E-state index >= 15 is 0 Å². The first-order chi connectivity index (χ1) is 9.13. The highest BCUT2D eigenvalue weighted by Gasteiger charge is 2.16. The number of hydrogen-bond donors (Lipinski definition) is 0. The predicted molar refractivity (Wildman–Crippen MR) is 79.4 cm³/mol. The summed E-state index contributed by atoms with van der Waals surface area (Å²) in [5.74, 6) is 0.544. The van der Waals surface area contributed by atoms with Gasteiger partial charge in [-0.3, -0.25) is 0 Å². The van der Waals surface area contributed by atoms with Crippen molar-refractivity contribution >= 4 is 38.9 Å². The number of aromatic nitrogens is 1. The smallest absolute Gasteiger partial charge is 0.150 e. The second-order valence-electron chi connectivity index (χ2n) is 3.90. The Hall–Kier alpha value is -0.650. The molecule has 1 heterocycles. The topological polar surface area (TPSA) is 22.1 Å². The van der Waals surface area contributed by atoms with Crippen LogP contribution in [0, 0.1) is 5.82 Å². The highest BCUT2D eigenvalue weighted by Crippen LogP contribution is 2.29. The zero-order chi connectivity index (χ0) is 13.8. The van der Waals surface area contributed by atoms with Crippen molar-refractivity contribution in [1.29, 1.82) is 0 Å². The molecule has 1 aromatic heterocycles. The van der Waals surface area contributed by atoms with Crippen LogP contribution >= 0.6 is 38.9 Å². The molecule has 6 heteroatoms. The van der Waals surface area contributed by atoms with Gasteiger partial charge in [-0.25, -0.2) is 9.37 Å². The molecule has 0 radical (unpaired) electrons. The van der Waals surface area contributed by atoms with E-state index in [1.807, 2.05) is 12.3 Å². The van der Waals surface area contributed by atoms with Crippen LogP contribution in [0.15, 0.2) is 28.1 Å². The molecule has 0 spiro atoms. The van der Waals surface area contributed by atoms with E-state index in [0.717, 1.165) is 17.1 Å². The van der Waals surface area contributed by atoms with Gasteiger partial charge < -0.3 is 4.74 Å². The fourth-order valence-electron chi connectivity index (χ4n) is 1.55. The van der Waals surface area contributed by atoms with E-state index in [9.17, 15) is 4.39 Å². The standard InChI is InChI=1S/C13H12BrClFNOS/c1-2-12(13-17-8(6-15)7-19-13)18-9-3-4-10(14)11(16)5-9/h3-5,7,12H,2,6H2,1H3. The number of benzene rings is 1. The molecule has 1 aromatic carbocycles. The number of nitrogens with zero attached hydrogens (tertiary/aromatic N) is 1. The molecule has 0 bridgehead atoms. The average molecular weight is 365 g/mol. The third-order valence-corrected chi connectivity index (χ3v) is 4.42. The van der Waals surface area contributed by atoms with Gasteiger partial charge in [0, 0.05) is 11.4 Å². The molecule has 0 fully saturated rings. The second-order valence-corrected chi connectivity index (χ2v) is 5.91. The van der Waals surface area contributed by atoms with E-state index in [1.165, 1.54) is 17.4 Å². The summed E-state index contributed by atoms with van der Waals surface area (Å²) in [6.45, 7) is 2.00. The van der Waals surface area contributed by atoms with Gasteiger partial charge in [-0.15, -0.1) is 22.9 Å². The summed E-state index contributed by atoms with van der Waals surface area (Å²) in [7, 11) is 0. The Morgan fingerprint density at radius 3 is 2.89 bits per heavy atom. The van der Waals surface area contributed by atoms with Gasteiger partial charge in [0.05, 0.1) is 16.0 Å². The Balaban J connectivity index is 2.16. The highest BCUT2D eigenvalue weighted by molar-refractivity contribution is 9.10. The maximum absolute atomic E-state index is 13.4. The summed E-state index contributed by atoms with van der Waals surface area (Å²) >= 11 is 10.4. The van der Waals surface area contributed by atoms with E-state index in [0.29, 0.717) is 16.1 Å². The maximum atomic E-state index is 13.4. The third-order valence-electron chi connectivity index (χ3n) is 2.52. The molecule has 1 unspecified atom stereocenters. The van der Waals surface area contributed by atoms with Gasteiger partial charge in [0.15, 0.2) is 0 Å². The summed E-state index contributed by atoms with van der Waals surface area (Å²) in [6, 6.07) is 4.72. The summed E-state index contributed by atoms with van der Waals surface area (Å²) in [5.41, 5.74) is 0.839. The highest BCUT2D eigenvalue weighted by atomic mass is 79.9. The van der Waals surface area contributed by atoms with Gasteiger partial charge in [0.25, 0.3) is 0 Å². The maximum Gasteiger partial charge on any atom is 0.150 e. The van der Waals surface area contributed by atoms with Crippen molar-refractivity contribution in [2.24, 2.45) is 0 Å². The first kappa shape index (κ1) is 14.8. The monoisotopic (exact) mass is 363 g/mol. The van der Waals surface area contributed by atoms with Crippen molar-refractivity contribution < 1.29 is 9.13 Å². The van der Waals surface area contributed by atoms with E-state index in [1.54, 1.807) is 12.1 Å². The van der Waals surface area contributed by atoms with Crippen LogP contribution in [-0.2, 0) is 5.88 Å². The molecule has 102 valence electrons. The van der Waals surface area contributed by atoms with E-state index in [-0.39, 0.29) is 11.9 Å². The predicted octanol–water partition coefficient (Wildman–Crippen LogP) is 5.31. The van der Waals surface area contributed by atoms with Crippen LogP contribution in [0.3, 0.4) is 0 Å². The number of halogens is 3. The SMILES string of the molecule is CCC(Oc1ccc(Br)c(F)c1)c1nc(CCl)cs1. The van der Waals surface area contributed by atoms with Crippen LogP contribution in [0.25, 0.3) is 0 Å². The zero-order valence-electron chi connectivity index (χ0n) is 10.2. The molecular weight excluding hydrogens is 353 g/mol. The minimum atomic E-state index is -0.340. The summed E-state index contributed by atoms with van der Waals surface area (Å²) in [5, 5.41) is 2.78. The van der Waals surface area contributed by atoms with Crippen LogP contribution < -0.4 is 4.74 Å². The van der Waals surface area contributed by atoms with Gasteiger partial charge >= 0.3 is 0 Å². The van der Waals surface area contributed by atoms with Crippen molar-refractivity contribution in [3.63, 3.8) is 0 Å². The number of ether oxygens (including phenoxy) is 1. The van der Waals surface area contributed by atoms with Crippen LogP contribution in [0.4, 0.5) is 4.39 Å². The number of rotatable bonds is 5. The van der Waals surface area contributed by atoms with Gasteiger partial charge in [0.1, 0.15) is 22.7 Å². The molecule has 0 amide bonds. The lowest BCUT2D eigenvalue weighted by molar-refractivity contribution is 0.200. The van der Waals surface area contributed by atoms with Crippen molar-refractivity contribution in [3.8, 4) is 5.75 Å². The van der Waals surface area contributed by atoms with Crippen LogP contribution in [0.5, 0.6) is 5.75 Å². The lowest BCUT2D eigenvalue weighted by Gasteiger charge is -2.15. The minimum Gasteiger partial charge on any atom is -0.483 e. The van der Waals surface area contributed by atoms with Crippen LogP contribution in [0.1, 0.15) is 30.2 Å². The zero-order valence-corrected chi connectivity index (χ0v) is 13.4. The van der Waals surface area contributed by atoms with Gasteiger partial charge in [-0.2, -0.15) is 0 Å². The van der Waals surface area contributed by atoms with Crippen molar-refractivity contribution in [3.05, 3.63) is 44.6 Å². The van der Waals surface area contributed by atoms with Gasteiger partial charge in [-0.1, -0.05) is 6.92 Å². The van der Waals surface area contributed by atoms with Crippen molar-refractivity contribution in [1.82, 2.24) is 4.98 Å². The molecule has 19 heavy (non-hydrogen) atoms. The van der Waals surface area contributed by atoms with Gasteiger partial charge in [-0.05, 0) is 34.5 Å².